The van der Waals surface area contributed by atoms with Crippen LogP contribution in [0.5, 0.6) is 0 Å². The summed E-state index contributed by atoms with van der Waals surface area (Å²) in [4.78, 5) is 21.9. The molecule has 1 amide bonds. The van der Waals surface area contributed by atoms with Crippen LogP contribution in [0.1, 0.15) is 44.2 Å². The van der Waals surface area contributed by atoms with Gasteiger partial charge in [0.25, 0.3) is 0 Å². The minimum Gasteiger partial charge on any atom is -0.336 e. The van der Waals surface area contributed by atoms with E-state index in [1.807, 2.05) is 12.3 Å². The molecule has 2 unspecified atom stereocenters. The van der Waals surface area contributed by atoms with Gasteiger partial charge >= 0.3 is 0 Å². The highest BCUT2D eigenvalue weighted by atomic mass is 35.5. The molecule has 0 spiro atoms. The largest absolute Gasteiger partial charge is 0.336 e. The minimum atomic E-state index is 0. The lowest BCUT2D eigenvalue weighted by Gasteiger charge is -2.38. The van der Waals surface area contributed by atoms with Crippen LogP contribution >= 0.6 is 12.4 Å². The van der Waals surface area contributed by atoms with E-state index in [0.29, 0.717) is 24.5 Å². The topological polar surface area (TPSA) is 48.5 Å². The number of aromatic nitrogens is 1. The number of nitrogens with one attached hydrogen (secondary N) is 1. The number of hydrogen-bond acceptors (Lipinski definition) is 4. The lowest BCUT2D eigenvalue weighted by molar-refractivity contribution is -0.136. The van der Waals surface area contributed by atoms with E-state index < -0.39 is 0 Å². The quantitative estimate of drug-likeness (QED) is 0.841. The molecule has 1 aromatic heterocycles. The molecule has 5 nitrogen and oxygen atoms in total. The molecule has 0 bridgehead atoms. The number of amides is 1. The van der Waals surface area contributed by atoms with Crippen LogP contribution in [0.2, 0.25) is 0 Å². The van der Waals surface area contributed by atoms with Crippen LogP contribution in [-0.4, -0.2) is 59.0 Å². The lowest BCUT2D eigenvalue weighted by Crippen LogP contribution is -2.52. The van der Waals surface area contributed by atoms with Crippen LogP contribution in [0, 0.1) is 5.92 Å². The number of carbonyl (C=O) groups is 1. The monoisotopic (exact) mass is 364 g/mol. The molecule has 0 aromatic carbocycles. The Bertz CT molecular complexity index is 576. The van der Waals surface area contributed by atoms with Gasteiger partial charge in [0.2, 0.25) is 5.91 Å². The predicted octanol–water partition coefficient (Wildman–Crippen LogP) is 2.24. The third kappa shape index (κ3) is 4.33. The van der Waals surface area contributed by atoms with Gasteiger partial charge in [0.05, 0.1) is 6.54 Å². The molecule has 138 valence electrons. The average Bonchev–Trinajstić information content (AvgIpc) is 3.48. The van der Waals surface area contributed by atoms with Crippen LogP contribution in [0.3, 0.4) is 0 Å². The standard InChI is InChI=1S/C19H28N4O.ClH/c1-14(15-4-5-15)23(17-6-7-17)19(24)13-22-10-9-21-12-18(22)16-3-2-8-20-11-16;/h2-3,8,11,14-15,17-18,21H,4-7,9-10,12-13H2,1H3;1H. The molecule has 2 saturated carbocycles. The first kappa shape index (κ1) is 18.6. The number of halogens is 1. The van der Waals surface area contributed by atoms with E-state index in [-0.39, 0.29) is 18.4 Å². The van der Waals surface area contributed by atoms with Gasteiger partial charge in [-0.1, -0.05) is 6.07 Å². The van der Waals surface area contributed by atoms with E-state index >= 15 is 0 Å². The van der Waals surface area contributed by atoms with Gasteiger partial charge in [-0.25, -0.2) is 0 Å². The lowest BCUT2D eigenvalue weighted by atomic mass is 10.1. The number of pyridine rings is 1. The average molecular weight is 365 g/mol. The van der Waals surface area contributed by atoms with Crippen molar-refractivity contribution >= 4 is 18.3 Å². The first-order valence-corrected chi connectivity index (χ1v) is 9.40. The molecule has 2 atom stereocenters. The smallest absolute Gasteiger partial charge is 0.237 e. The molecule has 3 fully saturated rings. The van der Waals surface area contributed by atoms with Gasteiger partial charge in [0.15, 0.2) is 0 Å². The maximum Gasteiger partial charge on any atom is 0.237 e. The van der Waals surface area contributed by atoms with Gasteiger partial charge in [0, 0.05) is 50.2 Å². The van der Waals surface area contributed by atoms with Gasteiger partial charge in [-0.3, -0.25) is 14.7 Å². The van der Waals surface area contributed by atoms with Crippen molar-refractivity contribution in [3.05, 3.63) is 30.1 Å². The van der Waals surface area contributed by atoms with Gasteiger partial charge in [0.1, 0.15) is 0 Å². The molecule has 1 N–H and O–H groups in total. The molecule has 6 heteroatoms. The highest BCUT2D eigenvalue weighted by molar-refractivity contribution is 5.85. The molecule has 1 saturated heterocycles. The Labute approximate surface area is 156 Å². The van der Waals surface area contributed by atoms with Gasteiger partial charge in [-0.2, -0.15) is 0 Å². The van der Waals surface area contributed by atoms with Crippen molar-refractivity contribution in [3.8, 4) is 0 Å². The fraction of sp³-hybridized carbons (Fsp3) is 0.684. The first-order chi connectivity index (χ1) is 11.7. The summed E-state index contributed by atoms with van der Waals surface area (Å²) in [5.74, 6) is 1.07. The number of piperazine rings is 1. The number of nitrogens with zero attached hydrogens (tertiary/aromatic N) is 3. The summed E-state index contributed by atoms with van der Waals surface area (Å²) in [5.41, 5.74) is 1.20. The molecule has 2 aliphatic carbocycles. The Morgan fingerprint density at radius 2 is 2.20 bits per heavy atom. The molecule has 1 aliphatic heterocycles. The normalized spacial score (nSPS) is 25.1. The number of hydrogen-bond donors (Lipinski definition) is 1. The maximum atomic E-state index is 13.1. The zero-order valence-electron chi connectivity index (χ0n) is 14.9. The van der Waals surface area contributed by atoms with Crippen molar-refractivity contribution < 1.29 is 4.79 Å². The molecule has 0 radical (unpaired) electrons. The van der Waals surface area contributed by atoms with Crippen LogP contribution in [-0.2, 0) is 4.79 Å². The molecular weight excluding hydrogens is 336 g/mol. The minimum absolute atomic E-state index is 0. The summed E-state index contributed by atoms with van der Waals surface area (Å²) < 4.78 is 0. The zero-order valence-corrected chi connectivity index (χ0v) is 15.8. The van der Waals surface area contributed by atoms with Crippen molar-refractivity contribution in [1.29, 1.82) is 0 Å². The van der Waals surface area contributed by atoms with E-state index in [1.165, 1.54) is 31.2 Å². The molecule has 4 rings (SSSR count). The Morgan fingerprint density at radius 1 is 1.40 bits per heavy atom. The third-order valence-corrected chi connectivity index (χ3v) is 5.73. The van der Waals surface area contributed by atoms with Crippen molar-refractivity contribution in [3.63, 3.8) is 0 Å². The summed E-state index contributed by atoms with van der Waals surface area (Å²) in [6.07, 6.45) is 8.71. The first-order valence-electron chi connectivity index (χ1n) is 9.40. The van der Waals surface area contributed by atoms with Crippen molar-refractivity contribution in [2.45, 2.75) is 50.7 Å². The van der Waals surface area contributed by atoms with Crippen molar-refractivity contribution in [2.24, 2.45) is 5.92 Å². The van der Waals surface area contributed by atoms with E-state index in [9.17, 15) is 4.79 Å². The second-order valence-corrected chi connectivity index (χ2v) is 7.59. The fourth-order valence-electron chi connectivity index (χ4n) is 4.01. The summed E-state index contributed by atoms with van der Waals surface area (Å²) in [5, 5.41) is 3.46. The van der Waals surface area contributed by atoms with Crippen LogP contribution in [0.25, 0.3) is 0 Å². The number of rotatable bonds is 6. The van der Waals surface area contributed by atoms with Gasteiger partial charge < -0.3 is 10.2 Å². The predicted molar refractivity (Wildman–Crippen MR) is 101 cm³/mol. The Morgan fingerprint density at radius 3 is 2.84 bits per heavy atom. The molecule has 3 aliphatic rings. The number of carbonyl (C=O) groups excluding carboxylic acids is 1. The molecule has 2 heterocycles. The zero-order chi connectivity index (χ0) is 16.5. The van der Waals surface area contributed by atoms with Crippen molar-refractivity contribution in [2.75, 3.05) is 26.2 Å². The van der Waals surface area contributed by atoms with Gasteiger partial charge in [-0.15, -0.1) is 12.4 Å². The Balaban J connectivity index is 0.00000182. The molecule has 25 heavy (non-hydrogen) atoms. The highest BCUT2D eigenvalue weighted by Crippen LogP contribution is 2.40. The van der Waals surface area contributed by atoms with E-state index in [0.717, 1.165) is 25.6 Å². The van der Waals surface area contributed by atoms with Crippen LogP contribution in [0.15, 0.2) is 24.5 Å². The molecular formula is C19H29ClN4O. The van der Waals surface area contributed by atoms with E-state index in [4.69, 9.17) is 0 Å². The van der Waals surface area contributed by atoms with Crippen LogP contribution < -0.4 is 5.32 Å². The van der Waals surface area contributed by atoms with E-state index in [2.05, 4.69) is 33.1 Å². The molecule has 1 aromatic rings. The van der Waals surface area contributed by atoms with Crippen molar-refractivity contribution in [1.82, 2.24) is 20.1 Å². The second kappa shape index (κ2) is 8.02. The summed E-state index contributed by atoms with van der Waals surface area (Å²) in [6.45, 7) is 5.55. The highest BCUT2D eigenvalue weighted by Gasteiger charge is 2.42. The summed E-state index contributed by atoms with van der Waals surface area (Å²) in [6, 6.07) is 5.27. The fourth-order valence-corrected chi connectivity index (χ4v) is 4.01. The maximum absolute atomic E-state index is 13.1. The Kier molecular flexibility index (Phi) is 5.97. The summed E-state index contributed by atoms with van der Waals surface area (Å²) >= 11 is 0. The van der Waals surface area contributed by atoms with E-state index in [1.54, 1.807) is 6.20 Å². The Hall–Kier alpha value is -1.17. The SMILES string of the molecule is CC(C1CC1)N(C(=O)CN1CCNCC1c1cccnc1)C1CC1.Cl. The van der Waals surface area contributed by atoms with Gasteiger partial charge in [-0.05, 0) is 50.2 Å². The third-order valence-electron chi connectivity index (χ3n) is 5.73. The summed E-state index contributed by atoms with van der Waals surface area (Å²) in [7, 11) is 0. The second-order valence-electron chi connectivity index (χ2n) is 7.59. The van der Waals surface area contributed by atoms with Crippen LogP contribution in [0.4, 0.5) is 0 Å².